The van der Waals surface area contributed by atoms with Crippen molar-refractivity contribution < 1.29 is 5.11 Å². The lowest BCUT2D eigenvalue weighted by molar-refractivity contribution is 0.111. The Morgan fingerprint density at radius 1 is 1.67 bits per heavy atom. The summed E-state index contributed by atoms with van der Waals surface area (Å²) in [6, 6.07) is 0. The van der Waals surface area contributed by atoms with Gasteiger partial charge in [0.05, 0.1) is 0 Å². The summed E-state index contributed by atoms with van der Waals surface area (Å²) >= 11 is 0. The molecule has 0 amide bonds. The van der Waals surface area contributed by atoms with Crippen LogP contribution in [0.4, 0.5) is 0 Å². The van der Waals surface area contributed by atoms with Gasteiger partial charge in [0.2, 0.25) is 0 Å². The fourth-order valence-electron chi connectivity index (χ4n) is 1.53. The number of hydrogen-bond donors (Lipinski definition) is 2. The molecule has 1 heterocycles. The van der Waals surface area contributed by atoms with Crippen molar-refractivity contribution in [3.8, 4) is 0 Å². The average molecular weight is 167 g/mol. The van der Waals surface area contributed by atoms with Crippen molar-refractivity contribution in [1.82, 2.24) is 15.2 Å². The van der Waals surface area contributed by atoms with Gasteiger partial charge in [-0.2, -0.15) is 5.10 Å². The molecule has 1 atom stereocenters. The van der Waals surface area contributed by atoms with E-state index in [2.05, 4.69) is 15.2 Å². The molecule has 0 saturated heterocycles. The molecule has 0 aromatic carbocycles. The first-order valence-corrected chi connectivity index (χ1v) is 4.39. The van der Waals surface area contributed by atoms with Crippen LogP contribution in [0.1, 0.15) is 37.6 Å². The van der Waals surface area contributed by atoms with Crippen molar-refractivity contribution in [2.24, 2.45) is 5.92 Å². The largest absolute Gasteiger partial charge is 0.385 e. The summed E-state index contributed by atoms with van der Waals surface area (Å²) in [7, 11) is 0. The highest BCUT2D eigenvalue weighted by molar-refractivity contribution is 4.88. The van der Waals surface area contributed by atoms with E-state index in [1.165, 1.54) is 25.6 Å². The summed E-state index contributed by atoms with van der Waals surface area (Å²) in [5.41, 5.74) is 0. The van der Waals surface area contributed by atoms with Crippen LogP contribution in [0.2, 0.25) is 0 Å². The first-order valence-electron chi connectivity index (χ1n) is 4.39. The maximum atomic E-state index is 9.61. The Balaban J connectivity index is 1.87. The first kappa shape index (κ1) is 7.73. The van der Waals surface area contributed by atoms with Crippen LogP contribution in [0.15, 0.2) is 6.33 Å². The maximum absolute atomic E-state index is 9.61. The van der Waals surface area contributed by atoms with Crippen molar-refractivity contribution >= 4 is 0 Å². The van der Waals surface area contributed by atoms with E-state index in [1.807, 2.05) is 0 Å². The van der Waals surface area contributed by atoms with E-state index in [9.17, 15) is 5.11 Å². The van der Waals surface area contributed by atoms with E-state index in [-0.39, 0.29) is 0 Å². The predicted molar refractivity (Wildman–Crippen MR) is 43.3 cm³/mol. The third-order valence-corrected chi connectivity index (χ3v) is 2.53. The second-order valence-corrected chi connectivity index (χ2v) is 3.42. The topological polar surface area (TPSA) is 61.8 Å². The van der Waals surface area contributed by atoms with E-state index >= 15 is 0 Å². The fourth-order valence-corrected chi connectivity index (χ4v) is 1.53. The Morgan fingerprint density at radius 2 is 2.50 bits per heavy atom. The minimum Gasteiger partial charge on any atom is -0.385 e. The van der Waals surface area contributed by atoms with Crippen LogP contribution in [-0.2, 0) is 0 Å². The number of hydrogen-bond acceptors (Lipinski definition) is 3. The van der Waals surface area contributed by atoms with E-state index in [1.54, 1.807) is 0 Å². The zero-order valence-electron chi connectivity index (χ0n) is 6.90. The van der Waals surface area contributed by atoms with Gasteiger partial charge in [0.1, 0.15) is 12.4 Å². The summed E-state index contributed by atoms with van der Waals surface area (Å²) in [6.07, 6.45) is 5.64. The minimum atomic E-state index is -0.446. The molecule has 1 aromatic heterocycles. The molecule has 2 N–H and O–H groups in total. The molecule has 2 rings (SSSR count). The summed E-state index contributed by atoms with van der Waals surface area (Å²) in [5, 5.41) is 16.0. The zero-order chi connectivity index (χ0) is 8.39. The first-order chi connectivity index (χ1) is 5.86. The van der Waals surface area contributed by atoms with Gasteiger partial charge in [-0.15, -0.1) is 0 Å². The Bertz CT molecular complexity index is 230. The molecule has 1 aromatic rings. The SMILES string of the molecule is OC(CC1CCC1)c1ncn[nH]1. The lowest BCUT2D eigenvalue weighted by Crippen LogP contribution is -2.15. The molecule has 1 fully saturated rings. The number of aromatic nitrogens is 3. The standard InChI is InChI=1S/C8H13N3O/c12-7(4-6-2-1-3-6)8-9-5-10-11-8/h5-7,12H,1-4H2,(H,9,10,11). The minimum absolute atomic E-state index is 0.446. The molecular formula is C8H13N3O. The molecular weight excluding hydrogens is 154 g/mol. The molecule has 0 radical (unpaired) electrons. The van der Waals surface area contributed by atoms with Crippen LogP contribution >= 0.6 is 0 Å². The number of aliphatic hydroxyl groups is 1. The summed E-state index contributed by atoms with van der Waals surface area (Å²) in [5.74, 6) is 1.30. The average Bonchev–Trinajstić information content (AvgIpc) is 2.47. The van der Waals surface area contributed by atoms with Gasteiger partial charge >= 0.3 is 0 Å². The van der Waals surface area contributed by atoms with Crippen molar-refractivity contribution in [2.45, 2.75) is 31.8 Å². The lowest BCUT2D eigenvalue weighted by atomic mass is 9.81. The van der Waals surface area contributed by atoms with Gasteiger partial charge < -0.3 is 5.11 Å². The number of H-pyrrole nitrogens is 1. The molecule has 66 valence electrons. The number of aromatic amines is 1. The van der Waals surface area contributed by atoms with E-state index in [0.717, 1.165) is 6.42 Å². The van der Waals surface area contributed by atoms with Gasteiger partial charge in [-0.3, -0.25) is 5.10 Å². The molecule has 1 aliphatic carbocycles. The zero-order valence-corrected chi connectivity index (χ0v) is 6.90. The summed E-state index contributed by atoms with van der Waals surface area (Å²) < 4.78 is 0. The highest BCUT2D eigenvalue weighted by Gasteiger charge is 2.22. The van der Waals surface area contributed by atoms with Crippen LogP contribution in [0.25, 0.3) is 0 Å². The van der Waals surface area contributed by atoms with E-state index in [4.69, 9.17) is 0 Å². The maximum Gasteiger partial charge on any atom is 0.153 e. The predicted octanol–water partition coefficient (Wildman–Crippen LogP) is 1.03. The molecule has 4 heteroatoms. The van der Waals surface area contributed by atoms with Crippen LogP contribution < -0.4 is 0 Å². The Kier molecular flexibility index (Phi) is 2.08. The molecule has 4 nitrogen and oxygen atoms in total. The highest BCUT2D eigenvalue weighted by atomic mass is 16.3. The van der Waals surface area contributed by atoms with Crippen LogP contribution in [0.3, 0.4) is 0 Å². The van der Waals surface area contributed by atoms with Gasteiger partial charge in [-0.25, -0.2) is 4.98 Å². The van der Waals surface area contributed by atoms with Gasteiger partial charge in [0.25, 0.3) is 0 Å². The number of nitrogens with one attached hydrogen (secondary N) is 1. The molecule has 0 spiro atoms. The third-order valence-electron chi connectivity index (χ3n) is 2.53. The van der Waals surface area contributed by atoms with E-state index < -0.39 is 6.10 Å². The molecule has 1 aliphatic rings. The summed E-state index contributed by atoms with van der Waals surface area (Å²) in [4.78, 5) is 3.91. The monoisotopic (exact) mass is 167 g/mol. The molecule has 0 aliphatic heterocycles. The molecule has 1 unspecified atom stereocenters. The van der Waals surface area contributed by atoms with Crippen molar-refractivity contribution in [3.05, 3.63) is 12.2 Å². The van der Waals surface area contributed by atoms with Crippen LogP contribution in [0.5, 0.6) is 0 Å². The van der Waals surface area contributed by atoms with Crippen molar-refractivity contribution in [2.75, 3.05) is 0 Å². The van der Waals surface area contributed by atoms with Gasteiger partial charge in [0, 0.05) is 0 Å². The molecule has 0 bridgehead atoms. The van der Waals surface area contributed by atoms with Crippen LogP contribution in [0, 0.1) is 5.92 Å². The van der Waals surface area contributed by atoms with Crippen LogP contribution in [-0.4, -0.2) is 20.3 Å². The van der Waals surface area contributed by atoms with Crippen molar-refractivity contribution in [3.63, 3.8) is 0 Å². The van der Waals surface area contributed by atoms with E-state index in [0.29, 0.717) is 11.7 Å². The summed E-state index contributed by atoms with van der Waals surface area (Å²) in [6.45, 7) is 0. The third kappa shape index (κ3) is 1.48. The molecule has 12 heavy (non-hydrogen) atoms. The Labute approximate surface area is 71.0 Å². The normalized spacial score (nSPS) is 20.4. The lowest BCUT2D eigenvalue weighted by Gasteiger charge is -2.26. The smallest absolute Gasteiger partial charge is 0.153 e. The number of nitrogens with zero attached hydrogens (tertiary/aromatic N) is 2. The number of aliphatic hydroxyl groups excluding tert-OH is 1. The Hall–Kier alpha value is -0.900. The molecule has 1 saturated carbocycles. The van der Waals surface area contributed by atoms with Gasteiger partial charge in [-0.1, -0.05) is 19.3 Å². The van der Waals surface area contributed by atoms with Crippen molar-refractivity contribution in [1.29, 1.82) is 0 Å². The second kappa shape index (κ2) is 3.23. The quantitative estimate of drug-likeness (QED) is 0.706. The second-order valence-electron chi connectivity index (χ2n) is 3.42. The Morgan fingerprint density at radius 3 is 3.00 bits per heavy atom. The fraction of sp³-hybridized carbons (Fsp3) is 0.750. The van der Waals surface area contributed by atoms with Gasteiger partial charge in [0.15, 0.2) is 5.82 Å². The van der Waals surface area contributed by atoms with Gasteiger partial charge in [-0.05, 0) is 12.3 Å². The number of rotatable bonds is 3. The highest BCUT2D eigenvalue weighted by Crippen LogP contribution is 2.33.